The number of carbonyl (C=O) groups is 4. The van der Waals surface area contributed by atoms with E-state index in [1.807, 2.05) is 20.8 Å². The van der Waals surface area contributed by atoms with Crippen molar-refractivity contribution in [1.82, 2.24) is 9.80 Å². The molecule has 3 rings (SSSR count). The van der Waals surface area contributed by atoms with E-state index in [1.165, 1.54) is 15.9 Å². The van der Waals surface area contributed by atoms with Gasteiger partial charge in [-0.1, -0.05) is 13.0 Å². The highest BCUT2D eigenvalue weighted by atomic mass is 32.2. The van der Waals surface area contributed by atoms with Crippen LogP contribution in [-0.4, -0.2) is 82.4 Å². The summed E-state index contributed by atoms with van der Waals surface area (Å²) in [7, 11) is 0. The zero-order chi connectivity index (χ0) is 27.5. The van der Waals surface area contributed by atoms with E-state index in [2.05, 4.69) is 0 Å². The number of hydrogen-bond acceptors (Lipinski definition) is 7. The molecule has 4 unspecified atom stereocenters. The van der Waals surface area contributed by atoms with Crippen LogP contribution in [0.1, 0.15) is 60.3 Å². The summed E-state index contributed by atoms with van der Waals surface area (Å²) in [4.78, 5) is 54.2. The lowest BCUT2D eigenvalue weighted by Crippen LogP contribution is -2.55. The number of thioether (sulfide) groups is 1. The van der Waals surface area contributed by atoms with Gasteiger partial charge in [0, 0.05) is 41.0 Å². The maximum Gasteiger partial charge on any atom is 0.254 e. The van der Waals surface area contributed by atoms with Crippen molar-refractivity contribution in [3.05, 3.63) is 23.1 Å². The van der Waals surface area contributed by atoms with Crippen molar-refractivity contribution in [2.45, 2.75) is 71.4 Å². The molecule has 3 heterocycles. The summed E-state index contributed by atoms with van der Waals surface area (Å²) in [5.41, 5.74) is -1.54. The fraction of sp³-hybridized carbons (Fsp3) is 0.692. The van der Waals surface area contributed by atoms with Crippen LogP contribution in [-0.2, 0) is 41.5 Å². The third-order valence-corrected chi connectivity index (χ3v) is 11.4. The third-order valence-electron chi connectivity index (χ3n) is 7.32. The smallest absolute Gasteiger partial charge is 0.254 e. The number of fused-ring (bicyclic) bond motifs is 1. The van der Waals surface area contributed by atoms with Gasteiger partial charge in [-0.05, 0) is 68.6 Å². The molecule has 0 saturated carbocycles. The van der Waals surface area contributed by atoms with Crippen LogP contribution >= 0.6 is 11.8 Å². The molecule has 1 fully saturated rings. The number of hydrogen-bond donors (Lipinski definition) is 0. The predicted molar refractivity (Wildman–Crippen MR) is 148 cm³/mol. The maximum atomic E-state index is 13.0. The van der Waals surface area contributed by atoms with E-state index in [0.29, 0.717) is 25.0 Å². The molecular weight excluding hydrogens is 532 g/mol. The Kier molecular flexibility index (Phi) is 10.0. The first-order chi connectivity index (χ1) is 17.3. The average Bonchev–Trinajstić information content (AvgIpc) is 3.29. The van der Waals surface area contributed by atoms with Gasteiger partial charge in [0.2, 0.25) is 11.8 Å². The summed E-state index contributed by atoms with van der Waals surface area (Å²) in [6.45, 7) is 9.15. The van der Waals surface area contributed by atoms with Gasteiger partial charge in [-0.3, -0.25) is 29.0 Å². The van der Waals surface area contributed by atoms with E-state index >= 15 is 0 Å². The largest absolute Gasteiger partial charge is 0.616 e. The highest BCUT2D eigenvalue weighted by Crippen LogP contribution is 2.41. The molecule has 3 aliphatic heterocycles. The van der Waals surface area contributed by atoms with Gasteiger partial charge in [-0.2, -0.15) is 0 Å². The van der Waals surface area contributed by atoms with Crippen LogP contribution in [0.4, 0.5) is 0 Å². The van der Waals surface area contributed by atoms with Crippen molar-refractivity contribution in [2.75, 3.05) is 28.8 Å². The van der Waals surface area contributed by atoms with Gasteiger partial charge >= 0.3 is 0 Å². The standard InChI is InChI=1S/C26H38N2O6S3/c1-6-18-7-8-21(29)27(23(18)31)25(2,3)10-13-36(33)15-16-37(34)14-11-26(4,5)28-22(30)17-20-19(24(28)32)9-12-35-20/h7-8,17-19H,6,9-16H2,1-5H3. The van der Waals surface area contributed by atoms with Crippen LogP contribution in [0.25, 0.3) is 0 Å². The fourth-order valence-electron chi connectivity index (χ4n) is 4.85. The molecule has 0 aromatic carbocycles. The molecular formula is C26H38N2O6S3. The molecule has 0 spiro atoms. The maximum absolute atomic E-state index is 13.0. The Hall–Kier alpha value is -1.27. The number of amides is 4. The molecule has 8 nitrogen and oxygen atoms in total. The van der Waals surface area contributed by atoms with Crippen molar-refractivity contribution in [1.29, 1.82) is 0 Å². The lowest BCUT2D eigenvalue weighted by atomic mass is 9.92. The predicted octanol–water partition coefficient (Wildman–Crippen LogP) is 2.78. The zero-order valence-electron chi connectivity index (χ0n) is 22.3. The van der Waals surface area contributed by atoms with E-state index < -0.39 is 33.4 Å². The molecule has 206 valence electrons. The van der Waals surface area contributed by atoms with Gasteiger partial charge < -0.3 is 9.11 Å². The van der Waals surface area contributed by atoms with E-state index in [-0.39, 0.29) is 52.7 Å². The first-order valence-corrected chi connectivity index (χ1v) is 16.7. The van der Waals surface area contributed by atoms with Crippen molar-refractivity contribution < 1.29 is 28.3 Å². The normalized spacial score (nSPS) is 24.5. The van der Waals surface area contributed by atoms with Crippen molar-refractivity contribution in [3.63, 3.8) is 0 Å². The van der Waals surface area contributed by atoms with Gasteiger partial charge in [-0.15, -0.1) is 11.8 Å². The molecule has 0 aliphatic carbocycles. The molecule has 3 aliphatic rings. The number of carbonyl (C=O) groups excluding carboxylic acids is 4. The second kappa shape index (κ2) is 12.3. The molecule has 4 atom stereocenters. The first-order valence-electron chi connectivity index (χ1n) is 12.8. The number of imide groups is 2. The van der Waals surface area contributed by atoms with Gasteiger partial charge in [0.15, 0.2) is 0 Å². The fourth-order valence-corrected chi connectivity index (χ4v) is 9.39. The summed E-state index contributed by atoms with van der Waals surface area (Å²) in [5, 5.41) is 0. The molecule has 0 radical (unpaired) electrons. The SMILES string of the molecule is CCC1C=CC(=O)N(C(C)(C)CC[S+]([O-])CC[S+]([O-])CCC(C)(C)N2C(=O)C=C3SCCC3C2=O)C1=O. The van der Waals surface area contributed by atoms with Crippen LogP contribution in [0.3, 0.4) is 0 Å². The Morgan fingerprint density at radius 3 is 1.97 bits per heavy atom. The van der Waals surface area contributed by atoms with Gasteiger partial charge in [0.25, 0.3) is 11.8 Å². The molecule has 11 heteroatoms. The number of rotatable bonds is 12. The van der Waals surface area contributed by atoms with Crippen LogP contribution in [0.5, 0.6) is 0 Å². The molecule has 0 aromatic rings. The summed E-state index contributed by atoms with van der Waals surface area (Å²) in [6, 6.07) is 0. The van der Waals surface area contributed by atoms with Crippen molar-refractivity contribution in [3.8, 4) is 0 Å². The Balaban J connectivity index is 1.45. The Bertz CT molecular complexity index is 979. The third kappa shape index (κ3) is 7.03. The first kappa shape index (κ1) is 30.3. The van der Waals surface area contributed by atoms with E-state index in [1.54, 1.807) is 37.8 Å². The quantitative estimate of drug-likeness (QED) is 0.261. The lowest BCUT2D eigenvalue weighted by molar-refractivity contribution is -0.153. The lowest BCUT2D eigenvalue weighted by Gasteiger charge is -2.40. The van der Waals surface area contributed by atoms with Crippen LogP contribution < -0.4 is 0 Å². The molecule has 1 saturated heterocycles. The monoisotopic (exact) mass is 570 g/mol. The second-order valence-corrected chi connectivity index (χ2v) is 15.5. The summed E-state index contributed by atoms with van der Waals surface area (Å²) >= 11 is -0.948. The minimum atomic E-state index is -1.26. The van der Waals surface area contributed by atoms with Gasteiger partial charge in [0.05, 0.1) is 11.8 Å². The highest BCUT2D eigenvalue weighted by molar-refractivity contribution is 8.03. The van der Waals surface area contributed by atoms with Crippen LogP contribution in [0, 0.1) is 11.8 Å². The number of nitrogens with zero attached hydrogens (tertiary/aromatic N) is 2. The minimum Gasteiger partial charge on any atom is -0.616 e. The van der Waals surface area contributed by atoms with Gasteiger partial charge in [-0.25, -0.2) is 0 Å². The highest BCUT2D eigenvalue weighted by Gasteiger charge is 2.45. The Labute approximate surface area is 230 Å². The van der Waals surface area contributed by atoms with Crippen molar-refractivity contribution >= 4 is 57.7 Å². The zero-order valence-corrected chi connectivity index (χ0v) is 24.8. The van der Waals surface area contributed by atoms with Crippen LogP contribution in [0.15, 0.2) is 23.1 Å². The van der Waals surface area contributed by atoms with E-state index in [4.69, 9.17) is 0 Å². The second-order valence-electron chi connectivity index (χ2n) is 11.0. The van der Waals surface area contributed by atoms with Gasteiger partial charge in [0.1, 0.15) is 23.0 Å². The molecule has 37 heavy (non-hydrogen) atoms. The summed E-state index contributed by atoms with van der Waals surface area (Å²) in [5.74, 6) is 0.308. The molecule has 0 N–H and O–H groups in total. The van der Waals surface area contributed by atoms with E-state index in [0.717, 1.165) is 17.1 Å². The van der Waals surface area contributed by atoms with Crippen LogP contribution in [0.2, 0.25) is 0 Å². The van der Waals surface area contributed by atoms with Crippen molar-refractivity contribution in [2.24, 2.45) is 11.8 Å². The topological polar surface area (TPSA) is 121 Å². The molecule has 0 bridgehead atoms. The Morgan fingerprint density at radius 2 is 1.43 bits per heavy atom. The molecule has 0 aromatic heterocycles. The average molecular weight is 571 g/mol. The molecule has 4 amide bonds. The summed E-state index contributed by atoms with van der Waals surface area (Å²) < 4.78 is 25.4. The van der Waals surface area contributed by atoms with E-state index in [9.17, 15) is 28.3 Å². The Morgan fingerprint density at radius 1 is 0.892 bits per heavy atom. The summed E-state index contributed by atoms with van der Waals surface area (Å²) in [6.07, 6.45) is 6.77. The minimum absolute atomic E-state index is 0.168.